The van der Waals surface area contributed by atoms with E-state index in [0.717, 1.165) is 6.42 Å². The average Bonchev–Trinajstić information content (AvgIpc) is 3.18. The largest absolute Gasteiger partial charge is 0.206 e. The van der Waals surface area contributed by atoms with Gasteiger partial charge in [-0.15, -0.1) is 0 Å². The first-order valence-corrected chi connectivity index (χ1v) is 13.3. The summed E-state index contributed by atoms with van der Waals surface area (Å²) < 4.78 is 2.20. The Hall–Kier alpha value is -3.97. The van der Waals surface area contributed by atoms with Gasteiger partial charge in [0.1, 0.15) is 13.3 Å². The van der Waals surface area contributed by atoms with Gasteiger partial charge in [-0.05, 0) is 62.6 Å². The van der Waals surface area contributed by atoms with Crippen molar-refractivity contribution in [2.24, 2.45) is 0 Å². The minimum Gasteiger partial charge on any atom is -0.206 e. The monoisotopic (exact) mass is 480 g/mol. The van der Waals surface area contributed by atoms with Gasteiger partial charge < -0.3 is 0 Å². The summed E-state index contributed by atoms with van der Waals surface area (Å²) in [4.78, 5) is 0. The van der Waals surface area contributed by atoms with E-state index in [1.54, 1.807) is 0 Å². The Morgan fingerprint density at radius 1 is 0.757 bits per heavy atom. The second-order valence-electron chi connectivity index (χ2n) is 10.8. The fourth-order valence-corrected chi connectivity index (χ4v) is 5.95. The maximum absolute atomic E-state index is 2.54. The van der Waals surface area contributed by atoms with E-state index in [-0.39, 0.29) is 5.41 Å². The lowest BCUT2D eigenvalue weighted by Gasteiger charge is -2.27. The lowest BCUT2D eigenvalue weighted by Crippen LogP contribution is -2.17. The van der Waals surface area contributed by atoms with E-state index < -0.39 is 0 Å². The summed E-state index contributed by atoms with van der Waals surface area (Å²) in [5.74, 6) is 0.410. The highest BCUT2D eigenvalue weighted by Crippen LogP contribution is 2.53. The van der Waals surface area contributed by atoms with E-state index in [1.807, 2.05) is 0 Å². The van der Waals surface area contributed by atoms with Crippen LogP contribution in [0.25, 0.3) is 27.8 Å². The highest BCUT2D eigenvalue weighted by Gasteiger charge is 2.40. The molecule has 0 amide bonds. The molecule has 1 atom stereocenters. The first-order valence-electron chi connectivity index (χ1n) is 13.3. The van der Waals surface area contributed by atoms with Gasteiger partial charge in [0.25, 0.3) is 0 Å². The lowest BCUT2D eigenvalue weighted by atomic mass is 9.77. The standard InChI is InChI=1S/C36H34N/c1-5-37(4)31-20-22-33-32-21-19-30(23-34(32)36(2,3)35(33)24-31)29-17-15-28(16-18-29)27-13-11-26(12-14-27)25-9-7-6-8-10-25/h5-18,20-24,30H,19H2,1-4H3/q+1. The molecule has 1 unspecified atom stereocenters. The van der Waals surface area contributed by atoms with Crippen molar-refractivity contribution in [2.45, 2.75) is 38.5 Å². The fraction of sp³-hybridized carbons (Fsp3) is 0.194. The maximum Gasteiger partial charge on any atom is 0.204 e. The number of hydrogen-bond donors (Lipinski definition) is 0. The van der Waals surface area contributed by atoms with Crippen LogP contribution >= 0.6 is 0 Å². The maximum atomic E-state index is 2.54. The van der Waals surface area contributed by atoms with Gasteiger partial charge in [-0.1, -0.05) is 105 Å². The van der Waals surface area contributed by atoms with Gasteiger partial charge in [0.05, 0.1) is 0 Å². The molecule has 0 N–H and O–H groups in total. The highest BCUT2D eigenvalue weighted by atomic mass is 15.0. The third kappa shape index (κ3) is 4.09. The van der Waals surface area contributed by atoms with Crippen LogP contribution in [0.3, 0.4) is 0 Å². The van der Waals surface area contributed by atoms with Crippen LogP contribution in [0.1, 0.15) is 49.8 Å². The Balaban J connectivity index is 1.25. The van der Waals surface area contributed by atoms with Gasteiger partial charge in [-0.25, -0.2) is 4.58 Å². The minimum atomic E-state index is 0.00483. The molecular formula is C36H34N+. The van der Waals surface area contributed by atoms with Crippen LogP contribution in [-0.2, 0) is 5.41 Å². The molecule has 0 heterocycles. The SMILES string of the molecule is CC=[N+](C)c1ccc2c(c1)C(C)(C)C1=CC(c3ccc(-c4ccc(-c5ccccc5)cc4)cc3)CC=C12. The van der Waals surface area contributed by atoms with E-state index >= 15 is 0 Å². The summed E-state index contributed by atoms with van der Waals surface area (Å²) in [5.41, 5.74) is 13.4. The molecule has 0 spiro atoms. The Kier molecular flexibility index (Phi) is 5.80. The lowest BCUT2D eigenvalue weighted by molar-refractivity contribution is -0.400. The van der Waals surface area contributed by atoms with Gasteiger partial charge in [0.2, 0.25) is 5.69 Å². The Bertz CT molecular complexity index is 1550. The van der Waals surface area contributed by atoms with Crippen LogP contribution in [0.5, 0.6) is 0 Å². The third-order valence-corrected chi connectivity index (χ3v) is 8.33. The molecule has 1 heteroatoms. The second kappa shape index (κ2) is 9.16. The van der Waals surface area contributed by atoms with Gasteiger partial charge in [-0.2, -0.15) is 0 Å². The van der Waals surface area contributed by atoms with E-state index in [1.165, 1.54) is 55.8 Å². The molecular weight excluding hydrogens is 446 g/mol. The Morgan fingerprint density at radius 2 is 1.35 bits per heavy atom. The summed E-state index contributed by atoms with van der Waals surface area (Å²) >= 11 is 0. The molecule has 2 aliphatic carbocycles. The molecule has 4 aromatic carbocycles. The number of allylic oxidation sites excluding steroid dienone is 4. The van der Waals surface area contributed by atoms with Crippen LogP contribution in [0.4, 0.5) is 5.69 Å². The summed E-state index contributed by atoms with van der Waals surface area (Å²) in [6, 6.07) is 35.6. The number of fused-ring (bicyclic) bond motifs is 3. The Morgan fingerprint density at radius 3 is 1.97 bits per heavy atom. The minimum absolute atomic E-state index is 0.00483. The Labute approximate surface area is 221 Å². The molecule has 37 heavy (non-hydrogen) atoms. The molecule has 0 aliphatic heterocycles. The highest BCUT2D eigenvalue weighted by molar-refractivity contribution is 5.91. The number of hydrogen-bond acceptors (Lipinski definition) is 0. The normalized spacial score (nSPS) is 18.1. The van der Waals surface area contributed by atoms with Crippen LogP contribution in [0.15, 0.2) is 115 Å². The smallest absolute Gasteiger partial charge is 0.204 e. The molecule has 0 radical (unpaired) electrons. The van der Waals surface area contributed by atoms with Gasteiger partial charge >= 0.3 is 0 Å². The van der Waals surface area contributed by atoms with Crippen molar-refractivity contribution in [1.82, 2.24) is 0 Å². The molecule has 1 nitrogen and oxygen atoms in total. The van der Waals surface area contributed by atoms with Crippen molar-refractivity contribution in [3.63, 3.8) is 0 Å². The van der Waals surface area contributed by atoms with Crippen molar-refractivity contribution in [3.05, 3.63) is 131 Å². The van der Waals surface area contributed by atoms with Crippen LogP contribution in [0.2, 0.25) is 0 Å². The zero-order chi connectivity index (χ0) is 25.6. The number of rotatable bonds is 4. The van der Waals surface area contributed by atoms with Crippen LogP contribution < -0.4 is 0 Å². The molecule has 0 saturated heterocycles. The quantitative estimate of drug-likeness (QED) is 0.202. The third-order valence-electron chi connectivity index (χ3n) is 8.33. The molecule has 0 fully saturated rings. The summed E-state index contributed by atoms with van der Waals surface area (Å²) in [6.45, 7) is 6.84. The predicted molar refractivity (Wildman–Crippen MR) is 158 cm³/mol. The molecule has 6 rings (SSSR count). The molecule has 0 saturated carbocycles. The number of benzene rings is 4. The zero-order valence-electron chi connectivity index (χ0n) is 22.2. The van der Waals surface area contributed by atoms with Gasteiger partial charge in [-0.3, -0.25) is 0 Å². The molecule has 2 aliphatic rings. The van der Waals surface area contributed by atoms with Crippen LogP contribution in [-0.4, -0.2) is 17.8 Å². The predicted octanol–water partition coefficient (Wildman–Crippen LogP) is 9.17. The van der Waals surface area contributed by atoms with E-state index in [0.29, 0.717) is 5.92 Å². The van der Waals surface area contributed by atoms with Crippen LogP contribution in [0, 0.1) is 0 Å². The second-order valence-corrected chi connectivity index (χ2v) is 10.8. The van der Waals surface area contributed by atoms with E-state index in [9.17, 15) is 0 Å². The van der Waals surface area contributed by atoms with Crippen molar-refractivity contribution >= 4 is 17.5 Å². The first-order chi connectivity index (χ1) is 18.0. The summed E-state index contributed by atoms with van der Waals surface area (Å²) in [6.07, 6.45) is 8.17. The van der Waals surface area contributed by atoms with Gasteiger partial charge in [0.15, 0.2) is 0 Å². The van der Waals surface area contributed by atoms with E-state index in [4.69, 9.17) is 0 Å². The van der Waals surface area contributed by atoms with Crippen molar-refractivity contribution in [3.8, 4) is 22.3 Å². The zero-order valence-corrected chi connectivity index (χ0v) is 22.2. The molecule has 182 valence electrons. The molecule has 0 aromatic heterocycles. The molecule has 0 bridgehead atoms. The topological polar surface area (TPSA) is 3.01 Å². The molecule has 4 aromatic rings. The average molecular weight is 481 g/mol. The van der Waals surface area contributed by atoms with Crippen molar-refractivity contribution in [1.29, 1.82) is 0 Å². The van der Waals surface area contributed by atoms with Crippen molar-refractivity contribution < 1.29 is 4.58 Å². The first kappa shape index (κ1) is 23.4. The number of nitrogens with zero attached hydrogens (tertiary/aromatic N) is 1. The van der Waals surface area contributed by atoms with Gasteiger partial charge in [0, 0.05) is 30.4 Å². The van der Waals surface area contributed by atoms with E-state index in [2.05, 4.69) is 148 Å². The summed E-state index contributed by atoms with van der Waals surface area (Å²) in [5, 5.41) is 0. The summed E-state index contributed by atoms with van der Waals surface area (Å²) in [7, 11) is 2.12. The fourth-order valence-electron chi connectivity index (χ4n) is 5.95. The van der Waals surface area contributed by atoms with Crippen molar-refractivity contribution in [2.75, 3.05) is 7.05 Å².